The van der Waals surface area contributed by atoms with Crippen LogP contribution in [0.2, 0.25) is 0 Å². The molecule has 0 aliphatic carbocycles. The van der Waals surface area contributed by atoms with E-state index in [1.54, 1.807) is 11.8 Å². The first-order chi connectivity index (χ1) is 15.4. The Hall–Kier alpha value is -1.12. The minimum atomic E-state index is 0.736. The highest BCUT2D eigenvalue weighted by Gasteiger charge is 2.20. The number of rotatable bonds is 14. The molecule has 3 rings (SSSR count). The van der Waals surface area contributed by atoms with Crippen molar-refractivity contribution in [1.29, 1.82) is 0 Å². The molecular formula is C23H41N5O2S. The van der Waals surface area contributed by atoms with E-state index < -0.39 is 0 Å². The summed E-state index contributed by atoms with van der Waals surface area (Å²) in [4.78, 5) is 18.8. The Bertz CT molecular complexity index is 573. The van der Waals surface area contributed by atoms with Crippen LogP contribution in [0.1, 0.15) is 71.1 Å². The molecule has 2 saturated heterocycles. The van der Waals surface area contributed by atoms with Gasteiger partial charge in [0.25, 0.3) is 0 Å². The fourth-order valence-electron chi connectivity index (χ4n) is 3.96. The monoisotopic (exact) mass is 451 g/mol. The largest absolute Gasteiger partial charge is 0.378 e. The number of nitrogens with zero attached hydrogens (tertiary/aromatic N) is 5. The highest BCUT2D eigenvalue weighted by atomic mass is 32.2. The molecular weight excluding hydrogens is 410 g/mol. The van der Waals surface area contributed by atoms with Gasteiger partial charge in [-0.25, -0.2) is 0 Å². The lowest BCUT2D eigenvalue weighted by molar-refractivity contribution is 0.121. The predicted octanol–water partition coefficient (Wildman–Crippen LogP) is 4.56. The third-order valence-corrected chi connectivity index (χ3v) is 6.84. The van der Waals surface area contributed by atoms with Crippen molar-refractivity contribution < 1.29 is 9.47 Å². The van der Waals surface area contributed by atoms with Gasteiger partial charge in [-0.2, -0.15) is 15.0 Å². The molecule has 0 radical (unpaired) electrons. The number of thioether (sulfide) groups is 1. The van der Waals surface area contributed by atoms with Gasteiger partial charge in [-0.15, -0.1) is 0 Å². The van der Waals surface area contributed by atoms with Gasteiger partial charge in [0.15, 0.2) is 5.16 Å². The molecule has 0 aromatic carbocycles. The van der Waals surface area contributed by atoms with Crippen LogP contribution in [0.4, 0.5) is 11.9 Å². The lowest BCUT2D eigenvalue weighted by Gasteiger charge is -2.30. The van der Waals surface area contributed by atoms with Gasteiger partial charge >= 0.3 is 0 Å². The van der Waals surface area contributed by atoms with Crippen molar-refractivity contribution in [2.24, 2.45) is 0 Å². The van der Waals surface area contributed by atoms with E-state index in [1.165, 1.54) is 64.2 Å². The maximum Gasteiger partial charge on any atom is 0.231 e. The van der Waals surface area contributed by atoms with Crippen LogP contribution in [0.5, 0.6) is 0 Å². The lowest BCUT2D eigenvalue weighted by atomic mass is 10.1. The smallest absolute Gasteiger partial charge is 0.231 e. The molecule has 31 heavy (non-hydrogen) atoms. The Labute approximate surface area is 192 Å². The summed E-state index contributed by atoms with van der Waals surface area (Å²) >= 11 is 1.78. The Kier molecular flexibility index (Phi) is 11.7. The summed E-state index contributed by atoms with van der Waals surface area (Å²) in [5.41, 5.74) is 0. The number of ether oxygens (including phenoxy) is 2. The van der Waals surface area contributed by atoms with Crippen molar-refractivity contribution >= 4 is 23.7 Å². The van der Waals surface area contributed by atoms with Crippen LogP contribution >= 0.6 is 11.8 Å². The van der Waals surface area contributed by atoms with E-state index >= 15 is 0 Å². The quantitative estimate of drug-likeness (QED) is 0.301. The van der Waals surface area contributed by atoms with E-state index in [2.05, 4.69) is 16.7 Å². The zero-order chi connectivity index (χ0) is 21.6. The molecule has 1 aromatic heterocycles. The molecule has 2 aliphatic heterocycles. The highest BCUT2D eigenvalue weighted by Crippen LogP contribution is 2.23. The number of morpholine rings is 2. The molecule has 1 aromatic rings. The van der Waals surface area contributed by atoms with Crippen LogP contribution in [-0.2, 0) is 9.47 Å². The molecule has 0 N–H and O–H groups in total. The number of aromatic nitrogens is 3. The summed E-state index contributed by atoms with van der Waals surface area (Å²) in [6.07, 6.45) is 13.6. The van der Waals surface area contributed by atoms with Crippen LogP contribution in [0.25, 0.3) is 0 Å². The maximum atomic E-state index is 5.50. The van der Waals surface area contributed by atoms with Gasteiger partial charge in [0, 0.05) is 31.9 Å². The fourth-order valence-corrected chi connectivity index (χ4v) is 4.79. The second-order valence-electron chi connectivity index (χ2n) is 8.45. The Balaban J connectivity index is 1.42. The normalized spacial score (nSPS) is 17.3. The van der Waals surface area contributed by atoms with Crippen molar-refractivity contribution in [2.45, 2.75) is 76.3 Å². The average Bonchev–Trinajstić information content (AvgIpc) is 2.83. The van der Waals surface area contributed by atoms with Gasteiger partial charge in [0.2, 0.25) is 11.9 Å². The zero-order valence-electron chi connectivity index (χ0n) is 19.4. The van der Waals surface area contributed by atoms with Gasteiger partial charge in [0.05, 0.1) is 26.4 Å². The lowest BCUT2D eigenvalue weighted by Crippen LogP contribution is -2.40. The van der Waals surface area contributed by atoms with E-state index in [-0.39, 0.29) is 0 Å². The van der Waals surface area contributed by atoms with E-state index in [9.17, 15) is 0 Å². The van der Waals surface area contributed by atoms with Crippen molar-refractivity contribution in [3.63, 3.8) is 0 Å². The topological polar surface area (TPSA) is 63.6 Å². The third kappa shape index (κ3) is 9.10. The van der Waals surface area contributed by atoms with Crippen LogP contribution in [0, 0.1) is 0 Å². The van der Waals surface area contributed by atoms with Gasteiger partial charge in [0.1, 0.15) is 0 Å². The molecule has 3 heterocycles. The average molecular weight is 452 g/mol. The second kappa shape index (κ2) is 14.9. The van der Waals surface area contributed by atoms with Gasteiger partial charge in [-0.05, 0) is 6.42 Å². The Morgan fingerprint density at radius 2 is 1.10 bits per heavy atom. The standard InChI is InChI=1S/C23H41N5O2S/c1-2-3-4-5-6-7-8-9-10-11-20-31-23-25-21(27-12-16-29-17-13-27)24-22(26-23)28-14-18-30-19-15-28/h2-20H2,1H3. The summed E-state index contributed by atoms with van der Waals surface area (Å²) in [5, 5.41) is 0.855. The predicted molar refractivity (Wildman–Crippen MR) is 128 cm³/mol. The van der Waals surface area contributed by atoms with E-state index in [4.69, 9.17) is 24.4 Å². The first-order valence-corrected chi connectivity index (χ1v) is 13.4. The summed E-state index contributed by atoms with van der Waals surface area (Å²) in [6.45, 7) is 8.59. The van der Waals surface area contributed by atoms with Crippen molar-refractivity contribution in [3.8, 4) is 0 Å². The van der Waals surface area contributed by atoms with E-state index in [0.29, 0.717) is 0 Å². The van der Waals surface area contributed by atoms with Crippen LogP contribution in [0.3, 0.4) is 0 Å². The van der Waals surface area contributed by atoms with Gasteiger partial charge in [-0.1, -0.05) is 76.5 Å². The minimum absolute atomic E-state index is 0.736. The molecule has 2 aliphatic rings. The second-order valence-corrected chi connectivity index (χ2v) is 9.51. The molecule has 7 nitrogen and oxygen atoms in total. The Morgan fingerprint density at radius 1 is 0.645 bits per heavy atom. The third-order valence-electron chi connectivity index (χ3n) is 5.91. The Morgan fingerprint density at radius 3 is 1.58 bits per heavy atom. The molecule has 8 heteroatoms. The van der Waals surface area contributed by atoms with E-state index in [1.807, 2.05) is 0 Å². The van der Waals surface area contributed by atoms with Crippen LogP contribution in [-0.4, -0.2) is 73.3 Å². The molecule has 0 atom stereocenters. The van der Waals surface area contributed by atoms with Crippen molar-refractivity contribution in [1.82, 2.24) is 15.0 Å². The molecule has 0 bridgehead atoms. The van der Waals surface area contributed by atoms with Crippen molar-refractivity contribution in [3.05, 3.63) is 0 Å². The first kappa shape index (κ1) is 24.5. The number of anilines is 2. The fraction of sp³-hybridized carbons (Fsp3) is 0.870. The van der Waals surface area contributed by atoms with Gasteiger partial charge < -0.3 is 19.3 Å². The molecule has 176 valence electrons. The number of hydrogen-bond acceptors (Lipinski definition) is 8. The number of hydrogen-bond donors (Lipinski definition) is 0. The zero-order valence-corrected chi connectivity index (χ0v) is 20.2. The first-order valence-electron chi connectivity index (χ1n) is 12.4. The highest BCUT2D eigenvalue weighted by molar-refractivity contribution is 7.99. The van der Waals surface area contributed by atoms with Crippen LogP contribution < -0.4 is 9.80 Å². The van der Waals surface area contributed by atoms with Gasteiger partial charge in [-0.3, -0.25) is 0 Å². The molecule has 0 unspecified atom stereocenters. The summed E-state index contributed by atoms with van der Waals surface area (Å²) < 4.78 is 11.0. The van der Waals surface area contributed by atoms with E-state index in [0.717, 1.165) is 75.4 Å². The summed E-state index contributed by atoms with van der Waals surface area (Å²) in [6, 6.07) is 0. The summed E-state index contributed by atoms with van der Waals surface area (Å²) in [7, 11) is 0. The van der Waals surface area contributed by atoms with Crippen LogP contribution in [0.15, 0.2) is 5.16 Å². The SMILES string of the molecule is CCCCCCCCCCCCSc1nc(N2CCOCC2)nc(N2CCOCC2)n1. The molecule has 0 saturated carbocycles. The molecule has 0 spiro atoms. The van der Waals surface area contributed by atoms with Crippen molar-refractivity contribution in [2.75, 3.05) is 68.2 Å². The molecule has 2 fully saturated rings. The maximum absolute atomic E-state index is 5.50. The minimum Gasteiger partial charge on any atom is -0.378 e. The molecule has 0 amide bonds. The number of unbranched alkanes of at least 4 members (excludes halogenated alkanes) is 9. The summed E-state index contributed by atoms with van der Waals surface area (Å²) in [5.74, 6) is 2.67.